The van der Waals surface area contributed by atoms with Crippen molar-refractivity contribution in [3.05, 3.63) is 65.5 Å². The Hall–Kier alpha value is -3.95. The van der Waals surface area contributed by atoms with E-state index in [1.807, 2.05) is 41.5 Å². The molecule has 9 nitrogen and oxygen atoms in total. The van der Waals surface area contributed by atoms with Crippen LogP contribution in [-0.2, 0) is 19.8 Å². The van der Waals surface area contributed by atoms with Crippen LogP contribution in [-0.4, -0.2) is 54.9 Å². The summed E-state index contributed by atoms with van der Waals surface area (Å²) in [4.78, 5) is 53.7. The Bertz CT molecular complexity index is 1280. The Balaban J connectivity index is 1.91. The van der Waals surface area contributed by atoms with Gasteiger partial charge in [0.15, 0.2) is 0 Å². The normalized spacial score (nSPS) is 20.9. The number of amides is 4. The van der Waals surface area contributed by atoms with Crippen LogP contribution in [0.1, 0.15) is 76.7 Å². The monoisotopic (exact) mass is 596 g/mol. The number of ether oxygens (including phenoxy) is 1. The molecule has 3 rings (SSSR count). The van der Waals surface area contributed by atoms with Gasteiger partial charge in [-0.15, -0.1) is 0 Å². The molecule has 0 saturated carbocycles. The second-order valence-electron chi connectivity index (χ2n) is 12.4. The van der Waals surface area contributed by atoms with Gasteiger partial charge in [0.25, 0.3) is 5.91 Å². The Morgan fingerprint density at radius 3 is 2.35 bits per heavy atom. The third-order valence-corrected chi connectivity index (χ3v) is 7.83. The molecule has 0 radical (unpaired) electrons. The fourth-order valence-electron chi connectivity index (χ4n) is 5.00. The lowest BCUT2D eigenvalue weighted by Crippen LogP contribution is -2.56. The maximum atomic E-state index is 13.5. The van der Waals surface area contributed by atoms with Crippen molar-refractivity contribution in [3.8, 4) is 5.75 Å². The summed E-state index contributed by atoms with van der Waals surface area (Å²) >= 11 is 0. The molecule has 0 aromatic heterocycles. The molecule has 4 atom stereocenters. The van der Waals surface area contributed by atoms with Gasteiger partial charge in [-0.2, -0.15) is 0 Å². The van der Waals surface area contributed by atoms with E-state index < -0.39 is 35.2 Å². The molecule has 1 aliphatic rings. The number of hydrogen-bond donors (Lipinski definition) is 4. The zero-order valence-electron chi connectivity index (χ0n) is 26.0. The van der Waals surface area contributed by atoms with Gasteiger partial charge < -0.3 is 26.0 Å². The molecule has 1 aliphatic heterocycles. The van der Waals surface area contributed by atoms with Crippen LogP contribution in [0, 0.1) is 17.7 Å². The van der Waals surface area contributed by atoms with Gasteiger partial charge in [-0.25, -0.2) is 4.39 Å². The highest BCUT2D eigenvalue weighted by Crippen LogP contribution is 2.23. The number of nitrogens with one attached hydrogen (secondary N) is 4. The summed E-state index contributed by atoms with van der Waals surface area (Å²) in [5, 5.41) is 11.4. The van der Waals surface area contributed by atoms with E-state index in [2.05, 4.69) is 21.3 Å². The Morgan fingerprint density at radius 2 is 1.70 bits per heavy atom. The van der Waals surface area contributed by atoms with Gasteiger partial charge in [-0.05, 0) is 48.1 Å². The number of benzene rings is 2. The highest BCUT2D eigenvalue weighted by Gasteiger charge is 2.33. The van der Waals surface area contributed by atoms with E-state index in [1.165, 1.54) is 12.1 Å². The summed E-state index contributed by atoms with van der Waals surface area (Å²) in [6, 6.07) is 10.3. The average Bonchev–Trinajstić information content (AvgIpc) is 2.96. The summed E-state index contributed by atoms with van der Waals surface area (Å²) in [7, 11) is 0. The maximum Gasteiger partial charge on any atom is 0.255 e. The van der Waals surface area contributed by atoms with E-state index in [-0.39, 0.29) is 54.7 Å². The lowest BCUT2D eigenvalue weighted by molar-refractivity contribution is -0.132. The van der Waals surface area contributed by atoms with E-state index in [9.17, 15) is 23.6 Å². The van der Waals surface area contributed by atoms with Crippen molar-refractivity contribution < 1.29 is 28.3 Å². The third kappa shape index (κ3) is 9.53. The standard InChI is InChI=1S/C33H45FN4O5/c1-7-21(4)29-32(42)36-24(16-20(2)3)18-43-27-11-9-8-10-25(27)30(40)37-26(17-28(39)38-29)31(41)35-19-33(5,6)22-12-14-23(34)15-13-22/h8-15,20-21,24,26,29H,7,16-19H2,1-6H3,(H,35,41)(H,36,42)(H,37,40)(H,38,39)/t21-,24-,26-,29-/m0/s1. The topological polar surface area (TPSA) is 126 Å². The van der Waals surface area contributed by atoms with Gasteiger partial charge in [0.1, 0.15) is 30.3 Å². The van der Waals surface area contributed by atoms with Crippen LogP contribution in [0.15, 0.2) is 48.5 Å². The number of fused-ring (bicyclic) bond motifs is 1. The molecule has 4 amide bonds. The molecule has 2 aromatic carbocycles. The summed E-state index contributed by atoms with van der Waals surface area (Å²) in [6.07, 6.45) is 0.890. The number of rotatable bonds is 8. The molecule has 234 valence electrons. The van der Waals surface area contributed by atoms with Crippen LogP contribution in [0.3, 0.4) is 0 Å². The van der Waals surface area contributed by atoms with Crippen molar-refractivity contribution in [3.63, 3.8) is 0 Å². The number of carbonyl (C=O) groups excluding carboxylic acids is 4. The van der Waals surface area contributed by atoms with Gasteiger partial charge in [0.2, 0.25) is 17.7 Å². The molecule has 1 heterocycles. The lowest BCUT2D eigenvalue weighted by atomic mass is 9.84. The first kappa shape index (κ1) is 33.6. The summed E-state index contributed by atoms with van der Waals surface area (Å²) in [5.41, 5.74) is 0.451. The molecule has 0 spiro atoms. The second-order valence-corrected chi connectivity index (χ2v) is 12.4. The van der Waals surface area contributed by atoms with Crippen molar-refractivity contribution in [1.82, 2.24) is 21.3 Å². The quantitative estimate of drug-likeness (QED) is 0.368. The Morgan fingerprint density at radius 1 is 1.02 bits per heavy atom. The first-order valence-corrected chi connectivity index (χ1v) is 15.0. The molecule has 0 fully saturated rings. The highest BCUT2D eigenvalue weighted by atomic mass is 19.1. The fourth-order valence-corrected chi connectivity index (χ4v) is 5.00. The van der Waals surface area contributed by atoms with Crippen molar-refractivity contribution in [2.24, 2.45) is 11.8 Å². The van der Waals surface area contributed by atoms with Crippen LogP contribution >= 0.6 is 0 Å². The number of halogens is 1. The minimum atomic E-state index is -1.23. The largest absolute Gasteiger partial charge is 0.491 e. The molecule has 43 heavy (non-hydrogen) atoms. The van der Waals surface area contributed by atoms with Gasteiger partial charge in [0.05, 0.1) is 18.0 Å². The minimum Gasteiger partial charge on any atom is -0.491 e. The van der Waals surface area contributed by atoms with E-state index in [4.69, 9.17) is 4.74 Å². The van der Waals surface area contributed by atoms with Crippen LogP contribution < -0.4 is 26.0 Å². The summed E-state index contributed by atoms with van der Waals surface area (Å²) < 4.78 is 19.5. The van der Waals surface area contributed by atoms with Crippen LogP contribution in [0.25, 0.3) is 0 Å². The van der Waals surface area contributed by atoms with E-state index in [0.717, 1.165) is 5.56 Å². The molecule has 10 heteroatoms. The van der Waals surface area contributed by atoms with Gasteiger partial charge in [-0.3, -0.25) is 19.2 Å². The van der Waals surface area contributed by atoms with Crippen LogP contribution in [0.2, 0.25) is 0 Å². The van der Waals surface area contributed by atoms with Crippen LogP contribution in [0.5, 0.6) is 5.75 Å². The zero-order chi connectivity index (χ0) is 31.7. The first-order chi connectivity index (χ1) is 20.3. The number of hydrogen-bond acceptors (Lipinski definition) is 5. The minimum absolute atomic E-state index is 0.123. The van der Waals surface area contributed by atoms with E-state index in [1.54, 1.807) is 36.4 Å². The zero-order valence-corrected chi connectivity index (χ0v) is 26.0. The highest BCUT2D eigenvalue weighted by molar-refractivity contribution is 6.01. The van der Waals surface area contributed by atoms with Crippen LogP contribution in [0.4, 0.5) is 4.39 Å². The molecule has 0 unspecified atom stereocenters. The fraction of sp³-hybridized carbons (Fsp3) is 0.515. The van der Waals surface area contributed by atoms with Gasteiger partial charge in [0, 0.05) is 12.0 Å². The molecule has 2 aromatic rings. The van der Waals surface area contributed by atoms with Gasteiger partial charge >= 0.3 is 0 Å². The van der Waals surface area contributed by atoms with Crippen molar-refractivity contribution in [2.75, 3.05) is 13.2 Å². The maximum absolute atomic E-state index is 13.5. The molecule has 4 N–H and O–H groups in total. The SMILES string of the molecule is CC[C@H](C)[C@@H]1NC(=O)C[C@@H](C(=O)NCC(C)(C)c2ccc(F)cc2)NC(=O)c2ccccc2OC[C@H](CC(C)C)NC1=O. The van der Waals surface area contributed by atoms with Crippen molar-refractivity contribution >= 4 is 23.6 Å². The lowest BCUT2D eigenvalue weighted by Gasteiger charge is -2.29. The van der Waals surface area contributed by atoms with E-state index in [0.29, 0.717) is 18.6 Å². The molecule has 0 aliphatic carbocycles. The smallest absolute Gasteiger partial charge is 0.255 e. The predicted molar refractivity (Wildman–Crippen MR) is 163 cm³/mol. The Labute approximate surface area is 253 Å². The summed E-state index contributed by atoms with van der Waals surface area (Å²) in [6.45, 7) is 12.0. The Kier molecular flexibility index (Phi) is 11.7. The second kappa shape index (κ2) is 15.0. The first-order valence-electron chi connectivity index (χ1n) is 15.0. The van der Waals surface area contributed by atoms with Crippen molar-refractivity contribution in [2.45, 2.75) is 84.3 Å². The predicted octanol–water partition coefficient (Wildman–Crippen LogP) is 3.86. The summed E-state index contributed by atoms with van der Waals surface area (Å²) in [5.74, 6) is -1.98. The third-order valence-electron chi connectivity index (χ3n) is 7.83. The molecular weight excluding hydrogens is 551 g/mol. The average molecular weight is 597 g/mol. The number of para-hydroxylation sites is 1. The van der Waals surface area contributed by atoms with E-state index >= 15 is 0 Å². The van der Waals surface area contributed by atoms with Gasteiger partial charge in [-0.1, -0.05) is 72.2 Å². The molecule has 0 saturated heterocycles. The number of carbonyl (C=O) groups is 4. The molecule has 0 bridgehead atoms. The van der Waals surface area contributed by atoms with Crippen molar-refractivity contribution in [1.29, 1.82) is 0 Å². The molecular formula is C33H45FN4O5.